The van der Waals surface area contributed by atoms with Crippen LogP contribution in [-0.4, -0.2) is 28.3 Å². The van der Waals surface area contributed by atoms with Crippen LogP contribution in [0.2, 0.25) is 0 Å². The number of aromatic nitrogens is 2. The van der Waals surface area contributed by atoms with Crippen LogP contribution in [0.5, 0.6) is 0 Å². The molecule has 0 aromatic carbocycles. The average molecular weight is 182 g/mol. The Labute approximate surface area is 77.6 Å². The first-order chi connectivity index (χ1) is 6.17. The van der Waals surface area contributed by atoms with E-state index in [4.69, 9.17) is 4.74 Å². The van der Waals surface area contributed by atoms with E-state index in [0.29, 0.717) is 12.2 Å². The second kappa shape index (κ2) is 4.30. The third kappa shape index (κ3) is 2.75. The van der Waals surface area contributed by atoms with Crippen molar-refractivity contribution in [2.45, 2.75) is 19.4 Å². The largest absolute Gasteiger partial charge is 0.383 e. The molecule has 0 radical (unpaired) electrons. The quantitative estimate of drug-likeness (QED) is 0.745. The minimum absolute atomic E-state index is 0.261. The number of nitrogens with zero attached hydrogens (tertiary/aromatic N) is 2. The maximum atomic E-state index is 9.91. The van der Waals surface area contributed by atoms with Gasteiger partial charge in [0, 0.05) is 24.6 Å². The number of aliphatic hydroxyl groups is 1. The summed E-state index contributed by atoms with van der Waals surface area (Å²) in [6.07, 6.45) is 4.61. The maximum Gasteiger partial charge on any atom is 0.115 e. The molecular weight excluding hydrogens is 168 g/mol. The number of ether oxygens (including phenoxy) is 1. The lowest BCUT2D eigenvalue weighted by Crippen LogP contribution is -2.28. The fraction of sp³-hybridized carbons (Fsp3) is 0.556. The van der Waals surface area contributed by atoms with Crippen LogP contribution in [0.3, 0.4) is 0 Å². The van der Waals surface area contributed by atoms with E-state index < -0.39 is 5.60 Å². The highest BCUT2D eigenvalue weighted by atomic mass is 16.5. The Balaban J connectivity index is 2.69. The van der Waals surface area contributed by atoms with Crippen molar-refractivity contribution in [2.75, 3.05) is 13.2 Å². The molecule has 0 amide bonds. The third-order valence-electron chi connectivity index (χ3n) is 1.77. The fourth-order valence-electron chi connectivity index (χ4n) is 0.961. The summed E-state index contributed by atoms with van der Waals surface area (Å²) < 4.78 is 5.15. The van der Waals surface area contributed by atoms with Gasteiger partial charge in [0.15, 0.2) is 0 Å². The van der Waals surface area contributed by atoms with E-state index in [1.54, 1.807) is 19.3 Å². The monoisotopic (exact) mass is 182 g/mol. The van der Waals surface area contributed by atoms with Crippen molar-refractivity contribution >= 4 is 0 Å². The van der Waals surface area contributed by atoms with Crippen molar-refractivity contribution in [2.24, 2.45) is 0 Å². The zero-order valence-electron chi connectivity index (χ0n) is 7.90. The lowest BCUT2D eigenvalue weighted by Gasteiger charge is -2.22. The Bertz CT molecular complexity index is 249. The summed E-state index contributed by atoms with van der Waals surface area (Å²) in [7, 11) is 0. The molecule has 4 nitrogen and oxygen atoms in total. The van der Waals surface area contributed by atoms with Gasteiger partial charge in [-0.2, -0.15) is 0 Å². The second-order valence-electron chi connectivity index (χ2n) is 3.04. The molecule has 0 aliphatic carbocycles. The fourth-order valence-corrected chi connectivity index (χ4v) is 0.961. The second-order valence-corrected chi connectivity index (χ2v) is 3.04. The highest BCUT2D eigenvalue weighted by Crippen LogP contribution is 2.18. The molecule has 72 valence electrons. The summed E-state index contributed by atoms with van der Waals surface area (Å²) in [5.74, 6) is 0. The Morgan fingerprint density at radius 2 is 2.08 bits per heavy atom. The molecule has 0 saturated carbocycles. The zero-order valence-corrected chi connectivity index (χ0v) is 7.90. The molecule has 1 unspecified atom stereocenters. The molecule has 1 atom stereocenters. The van der Waals surface area contributed by atoms with Crippen molar-refractivity contribution in [3.8, 4) is 0 Å². The molecule has 1 heterocycles. The summed E-state index contributed by atoms with van der Waals surface area (Å²) in [5, 5.41) is 9.91. The molecule has 1 rings (SSSR count). The smallest absolute Gasteiger partial charge is 0.115 e. The first-order valence-corrected chi connectivity index (χ1v) is 4.22. The van der Waals surface area contributed by atoms with Crippen molar-refractivity contribution < 1.29 is 9.84 Å². The first-order valence-electron chi connectivity index (χ1n) is 4.22. The highest BCUT2D eigenvalue weighted by Gasteiger charge is 2.23. The van der Waals surface area contributed by atoms with Crippen molar-refractivity contribution in [3.05, 3.63) is 24.3 Å². The third-order valence-corrected chi connectivity index (χ3v) is 1.77. The summed E-state index contributed by atoms with van der Waals surface area (Å²) in [6.45, 7) is 4.42. The molecule has 13 heavy (non-hydrogen) atoms. The van der Waals surface area contributed by atoms with E-state index in [2.05, 4.69) is 9.97 Å². The molecule has 1 aromatic rings. The zero-order chi connectivity index (χ0) is 9.73. The molecule has 0 aliphatic rings. The standard InChI is InChI=1S/C9H14N2O2/c1-3-13-6-9(2,12)8-4-10-7-11-5-8/h4-5,7,12H,3,6H2,1-2H3. The van der Waals surface area contributed by atoms with Gasteiger partial charge in [0.05, 0.1) is 6.61 Å². The SMILES string of the molecule is CCOCC(C)(O)c1cncnc1. The minimum atomic E-state index is -1.00. The highest BCUT2D eigenvalue weighted by molar-refractivity contribution is 5.12. The Morgan fingerprint density at radius 3 is 2.62 bits per heavy atom. The van der Waals surface area contributed by atoms with Gasteiger partial charge in [-0.15, -0.1) is 0 Å². The van der Waals surface area contributed by atoms with Gasteiger partial charge in [-0.3, -0.25) is 0 Å². The van der Waals surface area contributed by atoms with E-state index in [-0.39, 0.29) is 6.61 Å². The lowest BCUT2D eigenvalue weighted by atomic mass is 10.0. The van der Waals surface area contributed by atoms with Crippen LogP contribution in [0, 0.1) is 0 Å². The maximum absolute atomic E-state index is 9.91. The number of rotatable bonds is 4. The van der Waals surface area contributed by atoms with Crippen molar-refractivity contribution in [1.29, 1.82) is 0 Å². The predicted octanol–water partition coefficient (Wildman–Crippen LogP) is 0.721. The molecule has 1 N–H and O–H groups in total. The molecular formula is C9H14N2O2. The van der Waals surface area contributed by atoms with E-state index >= 15 is 0 Å². The molecule has 0 fully saturated rings. The topological polar surface area (TPSA) is 55.2 Å². The molecule has 0 spiro atoms. The van der Waals surface area contributed by atoms with Gasteiger partial charge in [-0.05, 0) is 13.8 Å². The van der Waals surface area contributed by atoms with E-state index in [1.165, 1.54) is 6.33 Å². The molecule has 4 heteroatoms. The van der Waals surface area contributed by atoms with Gasteiger partial charge < -0.3 is 9.84 Å². The van der Waals surface area contributed by atoms with E-state index in [9.17, 15) is 5.11 Å². The summed E-state index contributed by atoms with van der Waals surface area (Å²) in [6, 6.07) is 0. The molecule has 1 aromatic heterocycles. The van der Waals surface area contributed by atoms with Crippen molar-refractivity contribution in [3.63, 3.8) is 0 Å². The molecule has 0 bridgehead atoms. The Morgan fingerprint density at radius 1 is 1.46 bits per heavy atom. The van der Waals surface area contributed by atoms with E-state index in [0.717, 1.165) is 0 Å². The van der Waals surface area contributed by atoms with Crippen LogP contribution >= 0.6 is 0 Å². The summed E-state index contributed by atoms with van der Waals surface area (Å²) >= 11 is 0. The van der Waals surface area contributed by atoms with Crippen LogP contribution in [0.25, 0.3) is 0 Å². The van der Waals surface area contributed by atoms with Crippen LogP contribution < -0.4 is 0 Å². The molecule has 0 aliphatic heterocycles. The van der Waals surface area contributed by atoms with Crippen LogP contribution in [-0.2, 0) is 10.3 Å². The number of hydrogen-bond acceptors (Lipinski definition) is 4. The van der Waals surface area contributed by atoms with Crippen LogP contribution in [0.1, 0.15) is 19.4 Å². The average Bonchev–Trinajstić information content (AvgIpc) is 2.16. The van der Waals surface area contributed by atoms with Crippen LogP contribution in [0.4, 0.5) is 0 Å². The number of hydrogen-bond donors (Lipinski definition) is 1. The van der Waals surface area contributed by atoms with Gasteiger partial charge in [-0.25, -0.2) is 9.97 Å². The van der Waals surface area contributed by atoms with Gasteiger partial charge in [0.2, 0.25) is 0 Å². The van der Waals surface area contributed by atoms with Crippen molar-refractivity contribution in [1.82, 2.24) is 9.97 Å². The van der Waals surface area contributed by atoms with Gasteiger partial charge >= 0.3 is 0 Å². The van der Waals surface area contributed by atoms with Crippen LogP contribution in [0.15, 0.2) is 18.7 Å². The lowest BCUT2D eigenvalue weighted by molar-refractivity contribution is -0.0347. The first kappa shape index (κ1) is 10.1. The summed E-state index contributed by atoms with van der Waals surface area (Å²) in [4.78, 5) is 7.66. The minimum Gasteiger partial charge on any atom is -0.383 e. The molecule has 0 saturated heterocycles. The Hall–Kier alpha value is -1.00. The summed E-state index contributed by atoms with van der Waals surface area (Å²) in [5.41, 5.74) is -0.333. The normalized spacial score (nSPS) is 15.3. The predicted molar refractivity (Wildman–Crippen MR) is 48.1 cm³/mol. The van der Waals surface area contributed by atoms with Gasteiger partial charge in [0.1, 0.15) is 11.9 Å². The van der Waals surface area contributed by atoms with Gasteiger partial charge in [-0.1, -0.05) is 0 Å². The Kier molecular flexibility index (Phi) is 3.33. The van der Waals surface area contributed by atoms with Gasteiger partial charge in [0.25, 0.3) is 0 Å². The van der Waals surface area contributed by atoms with E-state index in [1.807, 2.05) is 6.92 Å².